The van der Waals surface area contributed by atoms with Crippen LogP contribution in [0, 0.1) is 25.5 Å². The molecule has 0 aliphatic carbocycles. The smallest absolute Gasteiger partial charge is 0.262 e. The van der Waals surface area contributed by atoms with E-state index in [1.54, 1.807) is 0 Å². The van der Waals surface area contributed by atoms with Gasteiger partial charge < -0.3 is 10.1 Å². The number of amides is 1. The lowest BCUT2D eigenvalue weighted by Crippen LogP contribution is -2.20. The van der Waals surface area contributed by atoms with E-state index in [4.69, 9.17) is 4.74 Å². The van der Waals surface area contributed by atoms with Crippen molar-refractivity contribution in [3.8, 4) is 5.75 Å². The quantitative estimate of drug-likeness (QED) is 0.934. The van der Waals surface area contributed by atoms with Gasteiger partial charge in [-0.25, -0.2) is 8.78 Å². The Labute approximate surface area is 121 Å². The summed E-state index contributed by atoms with van der Waals surface area (Å²) >= 11 is 0. The summed E-state index contributed by atoms with van der Waals surface area (Å²) in [5, 5.41) is 2.38. The van der Waals surface area contributed by atoms with Crippen molar-refractivity contribution in [1.29, 1.82) is 0 Å². The van der Waals surface area contributed by atoms with Crippen LogP contribution in [0.3, 0.4) is 0 Å². The Kier molecular flexibility index (Phi) is 4.52. The average molecular weight is 291 g/mol. The Hall–Kier alpha value is -2.43. The average Bonchev–Trinajstić information content (AvgIpc) is 2.38. The molecular formula is C16H15F2NO2. The van der Waals surface area contributed by atoms with E-state index in [2.05, 4.69) is 5.32 Å². The number of hydrogen-bond acceptors (Lipinski definition) is 2. The van der Waals surface area contributed by atoms with Crippen molar-refractivity contribution in [1.82, 2.24) is 0 Å². The lowest BCUT2D eigenvalue weighted by Gasteiger charge is -2.10. The SMILES string of the molecule is Cc1ccc(C)c(OCC(=O)Nc2cc(F)cc(F)c2)c1. The Balaban J connectivity index is 1.97. The Morgan fingerprint density at radius 2 is 1.76 bits per heavy atom. The molecule has 5 heteroatoms. The van der Waals surface area contributed by atoms with E-state index in [9.17, 15) is 13.6 Å². The van der Waals surface area contributed by atoms with Gasteiger partial charge in [0.1, 0.15) is 17.4 Å². The second-order valence-electron chi connectivity index (χ2n) is 4.76. The molecule has 2 rings (SSSR count). The molecule has 0 bridgehead atoms. The number of benzene rings is 2. The molecule has 0 spiro atoms. The molecule has 1 amide bonds. The van der Waals surface area contributed by atoms with Gasteiger partial charge in [0.15, 0.2) is 6.61 Å². The first-order valence-electron chi connectivity index (χ1n) is 6.40. The summed E-state index contributed by atoms with van der Waals surface area (Å²) in [7, 11) is 0. The Morgan fingerprint density at radius 1 is 1.10 bits per heavy atom. The van der Waals surface area contributed by atoms with Crippen molar-refractivity contribution >= 4 is 11.6 Å². The standard InChI is InChI=1S/C16H15F2NO2/c1-10-3-4-11(2)15(5-10)21-9-16(20)19-14-7-12(17)6-13(18)8-14/h3-8H,9H2,1-2H3,(H,19,20). The third-order valence-electron chi connectivity index (χ3n) is 2.85. The molecular weight excluding hydrogens is 276 g/mol. The first-order chi connectivity index (χ1) is 9.94. The maximum absolute atomic E-state index is 13.0. The molecule has 0 saturated heterocycles. The zero-order valence-corrected chi connectivity index (χ0v) is 11.7. The van der Waals surface area contributed by atoms with Gasteiger partial charge >= 0.3 is 0 Å². The van der Waals surface area contributed by atoms with Gasteiger partial charge in [0, 0.05) is 11.8 Å². The van der Waals surface area contributed by atoms with E-state index in [1.165, 1.54) is 0 Å². The molecule has 0 aliphatic heterocycles. The van der Waals surface area contributed by atoms with Gasteiger partial charge in [-0.1, -0.05) is 12.1 Å². The lowest BCUT2D eigenvalue weighted by molar-refractivity contribution is -0.118. The van der Waals surface area contributed by atoms with E-state index in [-0.39, 0.29) is 12.3 Å². The molecule has 2 aromatic rings. The van der Waals surface area contributed by atoms with Gasteiger partial charge in [-0.05, 0) is 43.2 Å². The van der Waals surface area contributed by atoms with Gasteiger partial charge in [0.2, 0.25) is 0 Å². The molecule has 3 nitrogen and oxygen atoms in total. The highest BCUT2D eigenvalue weighted by Gasteiger charge is 2.07. The summed E-state index contributed by atoms with van der Waals surface area (Å²) in [4.78, 5) is 11.7. The monoisotopic (exact) mass is 291 g/mol. The van der Waals surface area contributed by atoms with Crippen LogP contribution in [0.2, 0.25) is 0 Å². The second kappa shape index (κ2) is 6.35. The van der Waals surface area contributed by atoms with Crippen LogP contribution < -0.4 is 10.1 Å². The summed E-state index contributed by atoms with van der Waals surface area (Å²) in [6.45, 7) is 3.55. The van der Waals surface area contributed by atoms with Crippen molar-refractivity contribution in [3.63, 3.8) is 0 Å². The third kappa shape index (κ3) is 4.27. The summed E-state index contributed by atoms with van der Waals surface area (Å²) in [5.74, 6) is -1.38. The van der Waals surface area contributed by atoms with Crippen LogP contribution in [0.1, 0.15) is 11.1 Å². The zero-order chi connectivity index (χ0) is 15.4. The van der Waals surface area contributed by atoms with Crippen LogP contribution in [0.4, 0.5) is 14.5 Å². The van der Waals surface area contributed by atoms with E-state index in [0.29, 0.717) is 5.75 Å². The molecule has 110 valence electrons. The van der Waals surface area contributed by atoms with E-state index < -0.39 is 17.5 Å². The van der Waals surface area contributed by atoms with Crippen LogP contribution in [0.5, 0.6) is 5.75 Å². The largest absolute Gasteiger partial charge is 0.483 e. The number of carbonyl (C=O) groups excluding carboxylic acids is 1. The molecule has 0 fully saturated rings. The fourth-order valence-corrected chi connectivity index (χ4v) is 1.83. The van der Waals surface area contributed by atoms with Crippen molar-refractivity contribution in [3.05, 3.63) is 59.2 Å². The molecule has 0 atom stereocenters. The van der Waals surface area contributed by atoms with Crippen molar-refractivity contribution < 1.29 is 18.3 Å². The number of halogens is 2. The van der Waals surface area contributed by atoms with Crippen LogP contribution in [0.15, 0.2) is 36.4 Å². The van der Waals surface area contributed by atoms with Crippen molar-refractivity contribution in [2.24, 2.45) is 0 Å². The molecule has 0 radical (unpaired) electrons. The zero-order valence-electron chi connectivity index (χ0n) is 11.7. The third-order valence-corrected chi connectivity index (χ3v) is 2.85. The number of hydrogen-bond donors (Lipinski definition) is 1. The van der Waals surface area contributed by atoms with E-state index in [0.717, 1.165) is 29.3 Å². The second-order valence-corrected chi connectivity index (χ2v) is 4.76. The van der Waals surface area contributed by atoms with Crippen molar-refractivity contribution in [2.45, 2.75) is 13.8 Å². The number of ether oxygens (including phenoxy) is 1. The normalized spacial score (nSPS) is 10.3. The number of rotatable bonds is 4. The van der Waals surface area contributed by atoms with Gasteiger partial charge in [0.25, 0.3) is 5.91 Å². The summed E-state index contributed by atoms with van der Waals surface area (Å²) in [6, 6.07) is 8.48. The predicted molar refractivity (Wildman–Crippen MR) is 76.4 cm³/mol. The Morgan fingerprint density at radius 3 is 2.43 bits per heavy atom. The minimum atomic E-state index is -0.749. The van der Waals surface area contributed by atoms with Crippen LogP contribution in [-0.2, 0) is 4.79 Å². The lowest BCUT2D eigenvalue weighted by atomic mass is 10.1. The van der Waals surface area contributed by atoms with E-state index in [1.807, 2.05) is 32.0 Å². The highest BCUT2D eigenvalue weighted by molar-refractivity contribution is 5.91. The first kappa shape index (κ1) is 15.0. The summed E-state index contributed by atoms with van der Waals surface area (Å²) < 4.78 is 31.4. The molecule has 0 aliphatic rings. The van der Waals surface area contributed by atoms with Crippen molar-refractivity contribution in [2.75, 3.05) is 11.9 Å². The van der Waals surface area contributed by atoms with E-state index >= 15 is 0 Å². The van der Waals surface area contributed by atoms with Gasteiger partial charge in [-0.2, -0.15) is 0 Å². The molecule has 0 unspecified atom stereocenters. The molecule has 0 heterocycles. The molecule has 2 aromatic carbocycles. The molecule has 21 heavy (non-hydrogen) atoms. The number of carbonyl (C=O) groups is 1. The maximum Gasteiger partial charge on any atom is 0.262 e. The highest BCUT2D eigenvalue weighted by atomic mass is 19.1. The highest BCUT2D eigenvalue weighted by Crippen LogP contribution is 2.19. The van der Waals surface area contributed by atoms with Gasteiger partial charge in [-0.15, -0.1) is 0 Å². The molecule has 0 saturated carbocycles. The fourth-order valence-electron chi connectivity index (χ4n) is 1.83. The van der Waals surface area contributed by atoms with Crippen LogP contribution >= 0.6 is 0 Å². The van der Waals surface area contributed by atoms with Crippen LogP contribution in [-0.4, -0.2) is 12.5 Å². The number of aryl methyl sites for hydroxylation is 2. The topological polar surface area (TPSA) is 38.3 Å². The summed E-state index contributed by atoms with van der Waals surface area (Å²) in [5.41, 5.74) is 1.98. The Bertz CT molecular complexity index is 651. The first-order valence-corrected chi connectivity index (χ1v) is 6.40. The van der Waals surface area contributed by atoms with Crippen LogP contribution in [0.25, 0.3) is 0 Å². The summed E-state index contributed by atoms with van der Waals surface area (Å²) in [6.07, 6.45) is 0. The molecule has 0 aromatic heterocycles. The maximum atomic E-state index is 13.0. The minimum Gasteiger partial charge on any atom is -0.483 e. The molecule has 1 N–H and O–H groups in total. The fraction of sp³-hybridized carbons (Fsp3) is 0.188. The number of anilines is 1. The predicted octanol–water partition coefficient (Wildman–Crippen LogP) is 3.60. The minimum absolute atomic E-state index is 0.0575. The van der Waals surface area contributed by atoms with Gasteiger partial charge in [0.05, 0.1) is 0 Å². The number of nitrogens with one attached hydrogen (secondary N) is 1. The van der Waals surface area contributed by atoms with Gasteiger partial charge in [-0.3, -0.25) is 4.79 Å².